The summed E-state index contributed by atoms with van der Waals surface area (Å²) in [6.45, 7) is 2.04. The molecule has 0 spiro atoms. The first kappa shape index (κ1) is 16.6. The number of nitrogens with zero attached hydrogens (tertiary/aromatic N) is 5. The number of hydrogen-bond donors (Lipinski definition) is 2. The van der Waals surface area contributed by atoms with E-state index in [4.69, 9.17) is 11.6 Å². The summed E-state index contributed by atoms with van der Waals surface area (Å²) in [7, 11) is 0. The molecule has 0 radical (unpaired) electrons. The number of aromatic nitrogens is 6. The van der Waals surface area contributed by atoms with E-state index in [0.29, 0.717) is 16.6 Å². The number of aryl methyl sites for hydroxylation is 1. The molecular weight excluding hydrogens is 374 g/mol. The first-order valence-electron chi connectivity index (χ1n) is 8.62. The van der Waals surface area contributed by atoms with Gasteiger partial charge in [0.1, 0.15) is 17.3 Å². The van der Waals surface area contributed by atoms with Gasteiger partial charge in [-0.1, -0.05) is 23.7 Å². The number of fused-ring (bicyclic) bond motifs is 2. The maximum Gasteiger partial charge on any atom is 0.159 e. The fourth-order valence-electron chi connectivity index (χ4n) is 3.29. The van der Waals surface area contributed by atoms with Gasteiger partial charge in [0.25, 0.3) is 0 Å². The summed E-state index contributed by atoms with van der Waals surface area (Å²) < 4.78 is 0. The highest BCUT2D eigenvalue weighted by Crippen LogP contribution is 2.35. The van der Waals surface area contributed by atoms with Crippen molar-refractivity contribution in [3.05, 3.63) is 66.0 Å². The van der Waals surface area contributed by atoms with Gasteiger partial charge in [-0.2, -0.15) is 5.10 Å². The van der Waals surface area contributed by atoms with E-state index in [9.17, 15) is 0 Å². The Morgan fingerprint density at radius 2 is 1.86 bits per heavy atom. The van der Waals surface area contributed by atoms with Gasteiger partial charge in [-0.25, -0.2) is 19.9 Å². The van der Waals surface area contributed by atoms with Gasteiger partial charge in [0.2, 0.25) is 0 Å². The molecule has 0 amide bonds. The van der Waals surface area contributed by atoms with Crippen LogP contribution in [0.2, 0.25) is 5.15 Å². The molecule has 2 N–H and O–H groups in total. The van der Waals surface area contributed by atoms with Crippen molar-refractivity contribution < 1.29 is 0 Å². The van der Waals surface area contributed by atoms with Crippen molar-refractivity contribution in [1.82, 2.24) is 30.1 Å². The van der Waals surface area contributed by atoms with Crippen LogP contribution in [-0.2, 0) is 0 Å². The molecule has 0 bridgehead atoms. The van der Waals surface area contributed by atoms with Gasteiger partial charge in [-0.15, -0.1) is 0 Å². The van der Waals surface area contributed by atoms with Gasteiger partial charge in [0.15, 0.2) is 5.65 Å². The zero-order valence-corrected chi connectivity index (χ0v) is 15.6. The first-order valence-corrected chi connectivity index (χ1v) is 9.00. The molecule has 0 aliphatic heterocycles. The number of benzene rings is 1. The van der Waals surface area contributed by atoms with Crippen LogP contribution in [0.4, 0.5) is 11.5 Å². The van der Waals surface area contributed by atoms with Crippen LogP contribution in [0.15, 0.2) is 55.2 Å². The van der Waals surface area contributed by atoms with Crippen molar-refractivity contribution in [2.75, 3.05) is 5.32 Å². The van der Waals surface area contributed by atoms with E-state index in [-0.39, 0.29) is 0 Å². The second-order valence-corrected chi connectivity index (χ2v) is 6.69. The number of hydrogen-bond acceptors (Lipinski definition) is 6. The number of H-pyrrole nitrogens is 1. The Balaban J connectivity index is 1.70. The van der Waals surface area contributed by atoms with E-state index in [2.05, 4.69) is 35.5 Å². The lowest BCUT2D eigenvalue weighted by atomic mass is 10.1. The summed E-state index contributed by atoms with van der Waals surface area (Å²) in [6.07, 6.45) is 6.68. The van der Waals surface area contributed by atoms with Crippen molar-refractivity contribution >= 4 is 44.9 Å². The zero-order valence-electron chi connectivity index (χ0n) is 14.8. The van der Waals surface area contributed by atoms with Crippen molar-refractivity contribution in [2.24, 2.45) is 0 Å². The fraction of sp³-hybridized carbons (Fsp3) is 0.0500. The Morgan fingerprint density at radius 1 is 0.929 bits per heavy atom. The van der Waals surface area contributed by atoms with E-state index in [0.717, 1.165) is 38.7 Å². The first-order chi connectivity index (χ1) is 13.7. The summed E-state index contributed by atoms with van der Waals surface area (Å²) in [6, 6.07) is 9.78. The third-order valence-corrected chi connectivity index (χ3v) is 4.96. The Labute approximate surface area is 164 Å². The molecule has 0 unspecified atom stereocenters. The molecule has 0 saturated heterocycles. The number of nitrogens with one attached hydrogen (secondary N) is 2. The molecule has 8 heteroatoms. The van der Waals surface area contributed by atoms with E-state index in [1.165, 1.54) is 6.33 Å². The summed E-state index contributed by atoms with van der Waals surface area (Å²) in [4.78, 5) is 17.4. The third-order valence-electron chi connectivity index (χ3n) is 4.66. The van der Waals surface area contributed by atoms with Crippen LogP contribution >= 0.6 is 11.6 Å². The molecule has 0 saturated carbocycles. The summed E-state index contributed by atoms with van der Waals surface area (Å²) in [5.41, 5.74) is 4.29. The van der Waals surface area contributed by atoms with E-state index in [1.54, 1.807) is 18.6 Å². The van der Waals surface area contributed by atoms with E-state index in [1.807, 2.05) is 37.3 Å². The smallest absolute Gasteiger partial charge is 0.159 e. The molecule has 5 rings (SSSR count). The Kier molecular flexibility index (Phi) is 3.87. The maximum absolute atomic E-state index is 6.28. The number of pyridine rings is 2. The minimum atomic E-state index is 0.470. The highest BCUT2D eigenvalue weighted by Gasteiger charge is 2.15. The van der Waals surface area contributed by atoms with Crippen LogP contribution in [0.5, 0.6) is 0 Å². The normalized spacial score (nSPS) is 11.2. The average Bonchev–Trinajstić information content (AvgIpc) is 3.20. The van der Waals surface area contributed by atoms with Crippen LogP contribution in [-0.4, -0.2) is 30.1 Å². The average molecular weight is 388 g/mol. The van der Waals surface area contributed by atoms with E-state index < -0.39 is 0 Å². The number of aromatic amines is 1. The third kappa shape index (κ3) is 2.64. The monoisotopic (exact) mass is 387 g/mol. The van der Waals surface area contributed by atoms with E-state index >= 15 is 0 Å². The van der Waals surface area contributed by atoms with Gasteiger partial charge in [0, 0.05) is 28.7 Å². The molecular formula is C20H14ClN7. The lowest BCUT2D eigenvalue weighted by Crippen LogP contribution is -2.00. The van der Waals surface area contributed by atoms with Crippen LogP contribution in [0.3, 0.4) is 0 Å². The lowest BCUT2D eigenvalue weighted by Gasteiger charge is -2.15. The van der Waals surface area contributed by atoms with Gasteiger partial charge >= 0.3 is 0 Å². The van der Waals surface area contributed by atoms with Gasteiger partial charge in [0.05, 0.1) is 23.0 Å². The summed E-state index contributed by atoms with van der Waals surface area (Å²) >= 11 is 6.28. The fourth-order valence-corrected chi connectivity index (χ4v) is 3.51. The zero-order chi connectivity index (χ0) is 19.1. The Morgan fingerprint density at radius 3 is 2.79 bits per heavy atom. The molecule has 4 aromatic heterocycles. The highest BCUT2D eigenvalue weighted by molar-refractivity contribution is 6.34. The van der Waals surface area contributed by atoms with Crippen LogP contribution in [0, 0.1) is 6.92 Å². The predicted octanol–water partition coefficient (Wildman–Crippen LogP) is 4.67. The van der Waals surface area contributed by atoms with Crippen LogP contribution in [0.25, 0.3) is 33.1 Å². The SMILES string of the molecule is Cc1ccc2c(Cl)nccc2c1Nc1ncccc1-c1ncnc2[nH]ncc12. The maximum atomic E-state index is 6.28. The number of rotatable bonds is 3. The molecule has 28 heavy (non-hydrogen) atoms. The summed E-state index contributed by atoms with van der Waals surface area (Å²) in [5.74, 6) is 0.687. The van der Waals surface area contributed by atoms with Crippen molar-refractivity contribution in [2.45, 2.75) is 6.92 Å². The molecule has 0 fully saturated rings. The molecule has 7 nitrogen and oxygen atoms in total. The second kappa shape index (κ2) is 6.54. The van der Waals surface area contributed by atoms with Gasteiger partial charge < -0.3 is 5.32 Å². The van der Waals surface area contributed by atoms with Gasteiger partial charge in [-0.3, -0.25) is 5.10 Å². The predicted molar refractivity (Wildman–Crippen MR) is 110 cm³/mol. The highest BCUT2D eigenvalue weighted by atomic mass is 35.5. The summed E-state index contributed by atoms with van der Waals surface area (Å²) in [5, 5.41) is 13.6. The molecule has 136 valence electrons. The molecule has 0 atom stereocenters. The molecule has 5 aromatic rings. The molecule has 0 aliphatic rings. The van der Waals surface area contributed by atoms with Gasteiger partial charge in [-0.05, 0) is 30.7 Å². The minimum absolute atomic E-state index is 0.470. The van der Waals surface area contributed by atoms with Crippen molar-refractivity contribution in [1.29, 1.82) is 0 Å². The van der Waals surface area contributed by atoms with Crippen molar-refractivity contribution in [3.63, 3.8) is 0 Å². The van der Waals surface area contributed by atoms with Crippen LogP contribution in [0.1, 0.15) is 5.56 Å². The number of halogens is 1. The Bertz CT molecular complexity index is 1330. The topological polar surface area (TPSA) is 92.3 Å². The Hall–Kier alpha value is -3.58. The molecule has 4 heterocycles. The standard InChI is InChI=1S/C20H14ClN7/c1-11-4-5-13-12(6-8-22-18(13)21)16(11)27-19-14(3-2-7-23-19)17-15-9-26-28-20(15)25-10-24-17/h2-10H,1H3,(H,23,27)(H,24,25,26,28). The second-order valence-electron chi connectivity index (χ2n) is 6.33. The number of anilines is 2. The lowest BCUT2D eigenvalue weighted by molar-refractivity contribution is 1.09. The molecule has 1 aromatic carbocycles. The quantitative estimate of drug-likeness (QED) is 0.437. The molecule has 0 aliphatic carbocycles. The minimum Gasteiger partial charge on any atom is -0.339 e. The largest absolute Gasteiger partial charge is 0.339 e. The van der Waals surface area contributed by atoms with Crippen molar-refractivity contribution in [3.8, 4) is 11.3 Å². The van der Waals surface area contributed by atoms with Crippen LogP contribution < -0.4 is 5.32 Å².